The molecule has 2 rings (SSSR count). The van der Waals surface area contributed by atoms with Crippen LogP contribution in [-0.4, -0.2) is 32.3 Å². The van der Waals surface area contributed by atoms with Crippen LogP contribution in [0.3, 0.4) is 0 Å². The first-order valence-electron chi connectivity index (χ1n) is 3.33. The number of nitrogens with two attached hydrogens (primary N) is 1. The van der Waals surface area contributed by atoms with E-state index in [0.29, 0.717) is 11.0 Å². The molecule has 12 heavy (non-hydrogen) atoms. The van der Waals surface area contributed by atoms with E-state index in [2.05, 4.69) is 25.9 Å². The SMILES string of the molecule is CNn1nnc2c(N)nncc21. The van der Waals surface area contributed by atoms with Crippen molar-refractivity contribution < 1.29 is 0 Å². The summed E-state index contributed by atoms with van der Waals surface area (Å²) in [5, 5.41) is 14.9. The molecule has 2 heterocycles. The van der Waals surface area contributed by atoms with E-state index in [1.165, 1.54) is 4.79 Å². The van der Waals surface area contributed by atoms with Crippen LogP contribution in [0.5, 0.6) is 0 Å². The van der Waals surface area contributed by atoms with Crippen molar-refractivity contribution in [1.29, 1.82) is 0 Å². The Morgan fingerprint density at radius 3 is 3.08 bits per heavy atom. The van der Waals surface area contributed by atoms with E-state index < -0.39 is 0 Å². The number of nitrogen functional groups attached to an aromatic ring is 1. The van der Waals surface area contributed by atoms with Crippen molar-refractivity contribution in [3.8, 4) is 0 Å². The summed E-state index contributed by atoms with van der Waals surface area (Å²) in [6.45, 7) is 0. The van der Waals surface area contributed by atoms with Crippen molar-refractivity contribution in [2.75, 3.05) is 18.2 Å². The Labute approximate surface area is 67.5 Å². The Morgan fingerprint density at radius 1 is 1.50 bits per heavy atom. The Balaban J connectivity index is 2.80. The lowest BCUT2D eigenvalue weighted by molar-refractivity contribution is 0.748. The summed E-state index contributed by atoms with van der Waals surface area (Å²) in [7, 11) is 1.73. The molecule has 0 aliphatic heterocycles. The third-order valence-corrected chi connectivity index (χ3v) is 1.50. The summed E-state index contributed by atoms with van der Waals surface area (Å²) in [6, 6.07) is 0. The average Bonchev–Trinajstić information content (AvgIpc) is 2.49. The van der Waals surface area contributed by atoms with E-state index >= 15 is 0 Å². The van der Waals surface area contributed by atoms with Crippen molar-refractivity contribution in [2.45, 2.75) is 0 Å². The molecule has 0 atom stereocenters. The van der Waals surface area contributed by atoms with Crippen LogP contribution in [-0.2, 0) is 0 Å². The zero-order valence-corrected chi connectivity index (χ0v) is 6.39. The van der Waals surface area contributed by atoms with Crippen LogP contribution in [0.1, 0.15) is 0 Å². The normalized spacial score (nSPS) is 10.4. The first kappa shape index (κ1) is 6.77. The highest BCUT2D eigenvalue weighted by Crippen LogP contribution is 2.11. The van der Waals surface area contributed by atoms with Crippen molar-refractivity contribution >= 4 is 16.9 Å². The zero-order valence-electron chi connectivity index (χ0n) is 6.39. The largest absolute Gasteiger partial charge is 0.380 e. The molecule has 0 radical (unpaired) electrons. The quantitative estimate of drug-likeness (QED) is 0.561. The molecule has 2 aromatic heterocycles. The van der Waals surface area contributed by atoms with E-state index in [0.717, 1.165) is 0 Å². The molecule has 2 aromatic rings. The highest BCUT2D eigenvalue weighted by atomic mass is 15.6. The first-order chi connectivity index (χ1) is 5.83. The molecule has 62 valence electrons. The van der Waals surface area contributed by atoms with Gasteiger partial charge in [-0.3, -0.25) is 0 Å². The molecule has 0 unspecified atom stereocenters. The fourth-order valence-corrected chi connectivity index (χ4v) is 0.946. The van der Waals surface area contributed by atoms with Crippen LogP contribution in [0.25, 0.3) is 11.0 Å². The van der Waals surface area contributed by atoms with Gasteiger partial charge in [0, 0.05) is 7.05 Å². The van der Waals surface area contributed by atoms with E-state index in [9.17, 15) is 0 Å². The number of hydrogen-bond acceptors (Lipinski definition) is 6. The van der Waals surface area contributed by atoms with Gasteiger partial charge >= 0.3 is 0 Å². The minimum absolute atomic E-state index is 0.286. The maximum atomic E-state index is 5.51. The molecule has 7 heteroatoms. The van der Waals surface area contributed by atoms with Crippen molar-refractivity contribution in [3.05, 3.63) is 6.20 Å². The molecule has 3 N–H and O–H groups in total. The van der Waals surface area contributed by atoms with Gasteiger partial charge in [0.15, 0.2) is 11.3 Å². The number of fused-ring (bicyclic) bond motifs is 1. The second-order valence-corrected chi connectivity index (χ2v) is 2.19. The van der Waals surface area contributed by atoms with Crippen molar-refractivity contribution in [3.63, 3.8) is 0 Å². The molecule has 0 saturated heterocycles. The monoisotopic (exact) mass is 165 g/mol. The third kappa shape index (κ3) is 0.760. The lowest BCUT2D eigenvalue weighted by Crippen LogP contribution is -2.10. The number of rotatable bonds is 1. The predicted octanol–water partition coefficient (Wildman–Crippen LogP) is -1.02. The summed E-state index contributed by atoms with van der Waals surface area (Å²) < 4.78 is 0. The summed E-state index contributed by atoms with van der Waals surface area (Å²) in [5.74, 6) is 0.286. The highest BCUT2D eigenvalue weighted by molar-refractivity contribution is 5.82. The second-order valence-electron chi connectivity index (χ2n) is 2.19. The molecule has 0 fully saturated rings. The molecule has 0 aliphatic carbocycles. The van der Waals surface area contributed by atoms with E-state index in [4.69, 9.17) is 5.73 Å². The van der Waals surface area contributed by atoms with Crippen LogP contribution >= 0.6 is 0 Å². The lowest BCUT2D eigenvalue weighted by Gasteiger charge is -1.96. The van der Waals surface area contributed by atoms with Gasteiger partial charge in [-0.05, 0) is 5.21 Å². The number of hydrogen-bond donors (Lipinski definition) is 2. The van der Waals surface area contributed by atoms with Gasteiger partial charge in [0.1, 0.15) is 5.52 Å². The number of aromatic nitrogens is 5. The molecule has 0 bridgehead atoms. The minimum Gasteiger partial charge on any atom is -0.380 e. The fraction of sp³-hybridized carbons (Fsp3) is 0.200. The summed E-state index contributed by atoms with van der Waals surface area (Å²) >= 11 is 0. The molecular weight excluding hydrogens is 158 g/mol. The molecule has 0 spiro atoms. The maximum absolute atomic E-state index is 5.51. The summed E-state index contributed by atoms with van der Waals surface area (Å²) in [5.41, 5.74) is 9.57. The Morgan fingerprint density at radius 2 is 2.33 bits per heavy atom. The topological polar surface area (TPSA) is 94.5 Å². The predicted molar refractivity (Wildman–Crippen MR) is 42.8 cm³/mol. The molecular formula is C5H7N7. The first-order valence-corrected chi connectivity index (χ1v) is 3.33. The van der Waals surface area contributed by atoms with Gasteiger partial charge in [-0.25, -0.2) is 0 Å². The number of nitrogens with one attached hydrogen (secondary N) is 1. The smallest absolute Gasteiger partial charge is 0.176 e. The van der Waals surface area contributed by atoms with Gasteiger partial charge in [-0.15, -0.1) is 10.2 Å². The summed E-state index contributed by atoms with van der Waals surface area (Å²) in [6.07, 6.45) is 1.54. The Bertz CT molecular complexity index is 405. The maximum Gasteiger partial charge on any atom is 0.176 e. The third-order valence-electron chi connectivity index (χ3n) is 1.50. The number of anilines is 1. The molecule has 0 aliphatic rings. The average molecular weight is 165 g/mol. The number of nitrogens with zero attached hydrogens (tertiary/aromatic N) is 5. The van der Waals surface area contributed by atoms with Gasteiger partial charge in [0.2, 0.25) is 0 Å². The van der Waals surface area contributed by atoms with Crippen molar-refractivity contribution in [2.24, 2.45) is 0 Å². The Kier molecular flexibility index (Phi) is 1.29. The van der Waals surface area contributed by atoms with Gasteiger partial charge in [-0.2, -0.15) is 9.89 Å². The minimum atomic E-state index is 0.286. The van der Waals surface area contributed by atoms with Crippen LogP contribution in [0, 0.1) is 0 Å². The lowest BCUT2D eigenvalue weighted by atomic mass is 10.4. The summed E-state index contributed by atoms with van der Waals surface area (Å²) in [4.78, 5) is 1.47. The van der Waals surface area contributed by atoms with E-state index in [-0.39, 0.29) is 5.82 Å². The van der Waals surface area contributed by atoms with Gasteiger partial charge < -0.3 is 11.2 Å². The zero-order chi connectivity index (χ0) is 8.55. The molecule has 0 aromatic carbocycles. The molecule has 0 amide bonds. The van der Waals surface area contributed by atoms with Crippen LogP contribution in [0.2, 0.25) is 0 Å². The van der Waals surface area contributed by atoms with Crippen LogP contribution < -0.4 is 11.2 Å². The van der Waals surface area contributed by atoms with Gasteiger partial charge in [0.25, 0.3) is 0 Å². The van der Waals surface area contributed by atoms with Gasteiger partial charge in [0.05, 0.1) is 6.20 Å². The van der Waals surface area contributed by atoms with E-state index in [1.54, 1.807) is 13.2 Å². The molecule has 7 nitrogen and oxygen atoms in total. The second kappa shape index (κ2) is 2.29. The fourth-order valence-electron chi connectivity index (χ4n) is 0.946. The van der Waals surface area contributed by atoms with Crippen LogP contribution in [0.4, 0.5) is 5.82 Å². The molecule has 0 saturated carbocycles. The standard InChI is InChI=1S/C5H7N7/c1-7-12-3-2-8-10-5(6)4(3)9-11-12/h2,7H,1H3,(H2,6,10). The van der Waals surface area contributed by atoms with Crippen LogP contribution in [0.15, 0.2) is 6.20 Å². The van der Waals surface area contributed by atoms with E-state index in [1.807, 2.05) is 0 Å². The highest BCUT2D eigenvalue weighted by Gasteiger charge is 2.06. The van der Waals surface area contributed by atoms with Crippen molar-refractivity contribution in [1.82, 2.24) is 25.3 Å². The van der Waals surface area contributed by atoms with Gasteiger partial charge in [-0.1, -0.05) is 0 Å². The Hall–Kier alpha value is -1.92.